The molecular weight excluding hydrogens is 643 g/mol. The number of carboxylic acids is 1. The van der Waals surface area contributed by atoms with Crippen LogP contribution in [0.5, 0.6) is 0 Å². The van der Waals surface area contributed by atoms with E-state index in [0.717, 1.165) is 50.6 Å². The molecule has 0 radical (unpaired) electrons. The molecule has 2 fully saturated rings. The number of aldehydes is 1. The van der Waals surface area contributed by atoms with Crippen LogP contribution in [0.4, 0.5) is 0 Å². The number of ether oxygens (including phenoxy) is 2. The molecule has 2 aromatic heterocycles. The molecule has 0 amide bonds. The van der Waals surface area contributed by atoms with Crippen LogP contribution < -0.4 is 0 Å². The molecule has 0 aliphatic carbocycles. The predicted octanol–water partition coefficient (Wildman–Crippen LogP) is 6.92. The molecule has 0 bridgehead atoms. The maximum atomic E-state index is 11.3. The lowest BCUT2D eigenvalue weighted by atomic mass is 9.90. The Morgan fingerprint density at radius 1 is 0.702 bits per heavy atom. The summed E-state index contributed by atoms with van der Waals surface area (Å²) in [4.78, 5) is 28.4. The Kier molecular flexibility index (Phi) is 7.92. The second-order valence-electron chi connectivity index (χ2n) is 11.8. The minimum absolute atomic E-state index is 0.209. The van der Waals surface area contributed by atoms with Gasteiger partial charge in [-0.25, -0.2) is 4.79 Å². The van der Waals surface area contributed by atoms with Crippen molar-refractivity contribution in [1.29, 1.82) is 0 Å². The van der Waals surface area contributed by atoms with Crippen molar-refractivity contribution in [3.05, 3.63) is 117 Å². The fourth-order valence-corrected chi connectivity index (χ4v) is 6.41. The smallest absolute Gasteiger partial charge is 0.337 e. The standard InChI is InChI=1S/C18H14ClNO4.C18H14ClNO3/c19-15-6-16-13(14(7-20-16)17(21)22)5-12(15)10-1-3-11(4-2-10)18(23)8-24-9-18;19-16-6-17-15(12(8-21)7-20-17)5-14(16)11-1-3-13(4-2-11)18(22)9-23-10-18/h1-7,20,23H,8-9H2,(H,21,22);1-8,20,22H,9-10H2. The summed E-state index contributed by atoms with van der Waals surface area (Å²) in [6, 6.07) is 22.3. The third-order valence-electron chi connectivity index (χ3n) is 8.76. The van der Waals surface area contributed by atoms with E-state index in [1.807, 2.05) is 60.7 Å². The first-order valence-corrected chi connectivity index (χ1v) is 15.5. The summed E-state index contributed by atoms with van der Waals surface area (Å²) in [5.41, 5.74) is 5.55. The van der Waals surface area contributed by atoms with Crippen molar-refractivity contribution in [2.75, 3.05) is 26.4 Å². The minimum Gasteiger partial charge on any atom is -0.478 e. The van der Waals surface area contributed by atoms with Crippen LogP contribution in [0.1, 0.15) is 31.8 Å². The predicted molar refractivity (Wildman–Crippen MR) is 179 cm³/mol. The number of fused-ring (bicyclic) bond motifs is 2. The van der Waals surface area contributed by atoms with E-state index >= 15 is 0 Å². The lowest BCUT2D eigenvalue weighted by molar-refractivity contribution is -0.184. The normalized spacial score (nSPS) is 16.2. The first-order valence-electron chi connectivity index (χ1n) is 14.7. The van der Waals surface area contributed by atoms with Gasteiger partial charge in [-0.05, 0) is 46.5 Å². The number of nitrogens with one attached hydrogen (secondary N) is 2. The van der Waals surface area contributed by atoms with Crippen LogP contribution in [0.25, 0.3) is 44.1 Å². The molecule has 4 aromatic carbocycles. The zero-order chi connectivity index (χ0) is 32.9. The second kappa shape index (κ2) is 12.0. The highest BCUT2D eigenvalue weighted by molar-refractivity contribution is 6.35. The average molecular weight is 672 g/mol. The van der Waals surface area contributed by atoms with E-state index in [0.29, 0.717) is 52.9 Å². The molecular formula is C36H28Cl2N2O7. The zero-order valence-electron chi connectivity index (χ0n) is 24.7. The lowest BCUT2D eigenvalue weighted by Crippen LogP contribution is -2.46. The van der Waals surface area contributed by atoms with Crippen LogP contribution in [-0.2, 0) is 20.7 Å². The number of hydrogen-bond donors (Lipinski definition) is 5. The Labute approximate surface area is 278 Å². The fraction of sp³-hybridized carbons (Fsp3) is 0.167. The molecule has 47 heavy (non-hydrogen) atoms. The van der Waals surface area contributed by atoms with Gasteiger partial charge in [-0.3, -0.25) is 4.79 Å². The summed E-state index contributed by atoms with van der Waals surface area (Å²) >= 11 is 12.7. The van der Waals surface area contributed by atoms with E-state index < -0.39 is 17.2 Å². The number of hydrogen-bond acceptors (Lipinski definition) is 6. The first kappa shape index (κ1) is 31.1. The van der Waals surface area contributed by atoms with Crippen LogP contribution in [0.15, 0.2) is 85.2 Å². The summed E-state index contributed by atoms with van der Waals surface area (Å²) in [6.45, 7) is 1.24. The summed E-state index contributed by atoms with van der Waals surface area (Å²) in [5, 5.41) is 32.4. The number of rotatable bonds is 6. The summed E-state index contributed by atoms with van der Waals surface area (Å²) in [5.74, 6) is -0.989. The monoisotopic (exact) mass is 670 g/mol. The zero-order valence-corrected chi connectivity index (χ0v) is 26.2. The summed E-state index contributed by atoms with van der Waals surface area (Å²) < 4.78 is 10.2. The van der Waals surface area contributed by atoms with Crippen LogP contribution in [-0.4, -0.2) is 64.0 Å². The van der Waals surface area contributed by atoms with E-state index in [1.165, 1.54) is 6.20 Å². The van der Waals surface area contributed by atoms with Gasteiger partial charge in [0.25, 0.3) is 0 Å². The number of aromatic carboxylic acids is 1. The highest BCUT2D eigenvalue weighted by Crippen LogP contribution is 2.37. The molecule has 0 unspecified atom stereocenters. The van der Waals surface area contributed by atoms with Crippen molar-refractivity contribution < 1.29 is 34.4 Å². The van der Waals surface area contributed by atoms with Crippen molar-refractivity contribution >= 4 is 57.3 Å². The fourth-order valence-electron chi connectivity index (χ4n) is 5.87. The van der Waals surface area contributed by atoms with Gasteiger partial charge in [0.15, 0.2) is 6.29 Å². The SMILES string of the molecule is O=C(O)c1c[nH]c2cc(Cl)c(-c3ccc(C4(O)COC4)cc3)cc12.O=Cc1c[nH]c2cc(Cl)c(-c3ccc(C4(O)COC4)cc3)cc12. The Hall–Kier alpha value is -4.48. The summed E-state index contributed by atoms with van der Waals surface area (Å²) in [7, 11) is 0. The van der Waals surface area contributed by atoms with E-state index in [1.54, 1.807) is 18.3 Å². The highest BCUT2D eigenvalue weighted by atomic mass is 35.5. The number of carbonyl (C=O) groups excluding carboxylic acids is 1. The van der Waals surface area contributed by atoms with Gasteiger partial charge in [-0.1, -0.05) is 71.7 Å². The largest absolute Gasteiger partial charge is 0.478 e. The van der Waals surface area contributed by atoms with Crippen LogP contribution in [0, 0.1) is 0 Å². The van der Waals surface area contributed by atoms with Crippen molar-refractivity contribution in [3.8, 4) is 22.3 Å². The Morgan fingerprint density at radius 3 is 1.57 bits per heavy atom. The number of aromatic amines is 2. The van der Waals surface area contributed by atoms with Crippen LogP contribution in [0.3, 0.4) is 0 Å². The second-order valence-corrected chi connectivity index (χ2v) is 12.6. The first-order chi connectivity index (χ1) is 22.6. The van der Waals surface area contributed by atoms with Gasteiger partial charge in [-0.2, -0.15) is 0 Å². The number of benzene rings is 4. The minimum atomic E-state index is -0.989. The van der Waals surface area contributed by atoms with Crippen molar-refractivity contribution in [3.63, 3.8) is 0 Å². The van der Waals surface area contributed by atoms with E-state index in [2.05, 4.69) is 9.97 Å². The molecule has 5 N–H and O–H groups in total. The van der Waals surface area contributed by atoms with Crippen LogP contribution >= 0.6 is 23.2 Å². The molecule has 2 aliphatic heterocycles. The molecule has 8 rings (SSSR count). The maximum absolute atomic E-state index is 11.3. The van der Waals surface area contributed by atoms with Gasteiger partial charge in [0.2, 0.25) is 0 Å². The van der Waals surface area contributed by atoms with Gasteiger partial charge in [0.05, 0.1) is 42.0 Å². The van der Waals surface area contributed by atoms with E-state index in [-0.39, 0.29) is 5.56 Å². The number of aliphatic hydroxyl groups is 2. The molecule has 0 atom stereocenters. The number of carboxylic acid groups (broad SMARTS) is 1. The number of aromatic nitrogens is 2. The molecule has 9 nitrogen and oxygen atoms in total. The van der Waals surface area contributed by atoms with Gasteiger partial charge >= 0.3 is 5.97 Å². The maximum Gasteiger partial charge on any atom is 0.337 e. The number of halogens is 2. The molecule has 2 saturated heterocycles. The number of H-pyrrole nitrogens is 2. The molecule has 4 heterocycles. The Morgan fingerprint density at radius 2 is 1.15 bits per heavy atom. The lowest BCUT2D eigenvalue weighted by Gasteiger charge is -2.36. The van der Waals surface area contributed by atoms with Crippen molar-refractivity contribution in [2.45, 2.75) is 11.2 Å². The summed E-state index contributed by atoms with van der Waals surface area (Å²) in [6.07, 6.45) is 3.96. The van der Waals surface area contributed by atoms with Gasteiger partial charge in [0, 0.05) is 50.9 Å². The van der Waals surface area contributed by atoms with Crippen LogP contribution in [0.2, 0.25) is 10.0 Å². The third kappa shape index (κ3) is 5.61. The third-order valence-corrected chi connectivity index (χ3v) is 9.38. The average Bonchev–Trinajstić information content (AvgIpc) is 3.65. The molecule has 11 heteroatoms. The van der Waals surface area contributed by atoms with E-state index in [9.17, 15) is 24.9 Å². The van der Waals surface area contributed by atoms with Gasteiger partial charge < -0.3 is 34.8 Å². The molecule has 6 aromatic rings. The molecule has 0 saturated carbocycles. The number of carbonyl (C=O) groups is 2. The topological polar surface area (TPSA) is 145 Å². The quantitative estimate of drug-likeness (QED) is 0.121. The van der Waals surface area contributed by atoms with Gasteiger partial charge in [0.1, 0.15) is 11.2 Å². The highest BCUT2D eigenvalue weighted by Gasteiger charge is 2.38. The molecule has 0 spiro atoms. The van der Waals surface area contributed by atoms with Gasteiger partial charge in [-0.15, -0.1) is 0 Å². The van der Waals surface area contributed by atoms with E-state index in [4.69, 9.17) is 32.7 Å². The Bertz CT molecular complexity index is 2150. The van der Waals surface area contributed by atoms with Crippen molar-refractivity contribution in [2.24, 2.45) is 0 Å². The van der Waals surface area contributed by atoms with Crippen molar-refractivity contribution in [1.82, 2.24) is 9.97 Å². The molecule has 2 aliphatic rings. The molecule has 238 valence electrons. The Balaban J connectivity index is 0.000000150.